The second-order valence-corrected chi connectivity index (χ2v) is 3.93. The first-order valence-electron chi connectivity index (χ1n) is 5.19. The first kappa shape index (κ1) is 10.7. The number of carbonyl (C=O) groups is 1. The predicted molar refractivity (Wildman–Crippen MR) is 62.0 cm³/mol. The second kappa shape index (κ2) is 4.37. The molecule has 0 saturated heterocycles. The Morgan fingerprint density at radius 1 is 1.44 bits per heavy atom. The number of aromatic hydroxyl groups is 1. The van der Waals surface area contributed by atoms with Crippen molar-refractivity contribution in [2.45, 2.75) is 12.5 Å². The summed E-state index contributed by atoms with van der Waals surface area (Å²) in [7, 11) is 0. The van der Waals surface area contributed by atoms with Crippen LogP contribution in [-0.4, -0.2) is 17.1 Å². The van der Waals surface area contributed by atoms with E-state index in [2.05, 4.69) is 5.32 Å². The second-order valence-electron chi connectivity index (χ2n) is 3.93. The van der Waals surface area contributed by atoms with Crippen molar-refractivity contribution in [3.63, 3.8) is 0 Å². The number of benzene rings is 1. The fourth-order valence-electron chi connectivity index (χ4n) is 1.74. The van der Waals surface area contributed by atoms with Crippen LogP contribution in [0.5, 0.6) is 5.75 Å². The zero-order chi connectivity index (χ0) is 11.5. The fraction of sp³-hybridized carbons (Fsp3) is 0.250. The summed E-state index contributed by atoms with van der Waals surface area (Å²) < 4.78 is 0. The van der Waals surface area contributed by atoms with Crippen molar-refractivity contribution in [2.75, 3.05) is 5.32 Å². The highest BCUT2D eigenvalue weighted by molar-refractivity contribution is 5.94. The van der Waals surface area contributed by atoms with Crippen LogP contribution in [0.25, 0.3) is 0 Å². The van der Waals surface area contributed by atoms with Gasteiger partial charge in [0.05, 0.1) is 5.92 Å². The molecule has 1 aliphatic rings. The number of amides is 1. The molecule has 1 amide bonds. The molecule has 1 aromatic carbocycles. The first-order valence-corrected chi connectivity index (χ1v) is 5.19. The number of hydrogen-bond acceptors (Lipinski definition) is 3. The van der Waals surface area contributed by atoms with Gasteiger partial charge in [-0.15, -0.1) is 0 Å². The maximum Gasteiger partial charge on any atom is 0.231 e. The molecular weight excluding hydrogens is 204 g/mol. The predicted octanol–water partition coefficient (Wildman–Crippen LogP) is 1.23. The summed E-state index contributed by atoms with van der Waals surface area (Å²) >= 11 is 0. The Labute approximate surface area is 93.8 Å². The third-order valence-corrected chi connectivity index (χ3v) is 2.57. The van der Waals surface area contributed by atoms with E-state index in [1.807, 2.05) is 12.2 Å². The summed E-state index contributed by atoms with van der Waals surface area (Å²) in [6.07, 6.45) is 4.31. The SMILES string of the molecule is NC1C=CC(C(=O)Nc2cccc(O)c2)C1. The Kier molecular flexibility index (Phi) is 2.92. The van der Waals surface area contributed by atoms with Crippen molar-refractivity contribution in [1.29, 1.82) is 0 Å². The van der Waals surface area contributed by atoms with Gasteiger partial charge < -0.3 is 16.2 Å². The number of rotatable bonds is 2. The maximum absolute atomic E-state index is 11.8. The van der Waals surface area contributed by atoms with Gasteiger partial charge in [-0.05, 0) is 18.6 Å². The van der Waals surface area contributed by atoms with Gasteiger partial charge in [0.15, 0.2) is 0 Å². The summed E-state index contributed by atoms with van der Waals surface area (Å²) in [6.45, 7) is 0. The number of phenolic OH excluding ortho intramolecular Hbond substituents is 1. The third-order valence-electron chi connectivity index (χ3n) is 2.57. The Hall–Kier alpha value is -1.81. The molecule has 4 nitrogen and oxygen atoms in total. The summed E-state index contributed by atoms with van der Waals surface area (Å²) in [5, 5.41) is 12.0. The summed E-state index contributed by atoms with van der Waals surface area (Å²) in [4.78, 5) is 11.8. The van der Waals surface area contributed by atoms with Crippen LogP contribution in [0.4, 0.5) is 5.69 Å². The molecule has 0 spiro atoms. The van der Waals surface area contributed by atoms with Crippen LogP contribution >= 0.6 is 0 Å². The fourth-order valence-corrected chi connectivity index (χ4v) is 1.74. The standard InChI is InChI=1S/C12H14N2O2/c13-9-5-4-8(6-9)12(16)14-10-2-1-3-11(15)7-10/h1-5,7-9,15H,6,13H2,(H,14,16). The lowest BCUT2D eigenvalue weighted by Crippen LogP contribution is -2.23. The molecule has 2 rings (SSSR count). The van der Waals surface area contributed by atoms with E-state index in [-0.39, 0.29) is 23.6 Å². The largest absolute Gasteiger partial charge is 0.508 e. The van der Waals surface area contributed by atoms with E-state index in [9.17, 15) is 9.90 Å². The summed E-state index contributed by atoms with van der Waals surface area (Å²) in [6, 6.07) is 6.45. The number of hydrogen-bond donors (Lipinski definition) is 3. The maximum atomic E-state index is 11.8. The smallest absolute Gasteiger partial charge is 0.231 e. The lowest BCUT2D eigenvalue weighted by Gasteiger charge is -2.10. The van der Waals surface area contributed by atoms with E-state index < -0.39 is 0 Å². The highest BCUT2D eigenvalue weighted by Crippen LogP contribution is 2.20. The molecule has 0 radical (unpaired) electrons. The van der Waals surface area contributed by atoms with Gasteiger partial charge in [-0.3, -0.25) is 4.79 Å². The van der Waals surface area contributed by atoms with Gasteiger partial charge in [0.1, 0.15) is 5.75 Å². The topological polar surface area (TPSA) is 75.4 Å². The van der Waals surface area contributed by atoms with Gasteiger partial charge in [-0.25, -0.2) is 0 Å². The van der Waals surface area contributed by atoms with E-state index in [0.29, 0.717) is 12.1 Å². The quantitative estimate of drug-likeness (QED) is 0.653. The minimum absolute atomic E-state index is 0.0278. The highest BCUT2D eigenvalue weighted by atomic mass is 16.3. The molecular formula is C12H14N2O2. The Balaban J connectivity index is 2.00. The normalized spacial score (nSPS) is 23.3. The first-order chi connectivity index (χ1) is 7.65. The van der Waals surface area contributed by atoms with E-state index in [4.69, 9.17) is 5.73 Å². The van der Waals surface area contributed by atoms with Crippen molar-refractivity contribution < 1.29 is 9.90 Å². The van der Waals surface area contributed by atoms with Crippen LogP contribution in [0, 0.1) is 5.92 Å². The molecule has 0 aromatic heterocycles. The average Bonchev–Trinajstić information content (AvgIpc) is 2.65. The molecule has 1 aromatic rings. The average molecular weight is 218 g/mol. The van der Waals surface area contributed by atoms with Gasteiger partial charge in [-0.1, -0.05) is 18.2 Å². The van der Waals surface area contributed by atoms with Crippen molar-refractivity contribution in [2.24, 2.45) is 11.7 Å². The zero-order valence-corrected chi connectivity index (χ0v) is 8.76. The van der Waals surface area contributed by atoms with Crippen LogP contribution in [0.1, 0.15) is 6.42 Å². The van der Waals surface area contributed by atoms with Crippen LogP contribution in [0.2, 0.25) is 0 Å². The number of nitrogens with one attached hydrogen (secondary N) is 1. The van der Waals surface area contributed by atoms with Crippen molar-refractivity contribution in [3.05, 3.63) is 36.4 Å². The summed E-state index contributed by atoms with van der Waals surface area (Å²) in [5.41, 5.74) is 6.27. The van der Waals surface area contributed by atoms with Crippen LogP contribution < -0.4 is 11.1 Å². The molecule has 2 atom stereocenters. The van der Waals surface area contributed by atoms with Crippen molar-refractivity contribution in [3.8, 4) is 5.75 Å². The van der Waals surface area contributed by atoms with Crippen LogP contribution in [0.15, 0.2) is 36.4 Å². The van der Waals surface area contributed by atoms with E-state index in [1.165, 1.54) is 6.07 Å². The molecule has 0 bridgehead atoms. The van der Waals surface area contributed by atoms with Crippen LogP contribution in [-0.2, 0) is 4.79 Å². The Bertz CT molecular complexity index is 429. The third kappa shape index (κ3) is 2.41. The molecule has 0 saturated carbocycles. The lowest BCUT2D eigenvalue weighted by atomic mass is 10.1. The number of nitrogens with two attached hydrogens (primary N) is 1. The Morgan fingerprint density at radius 3 is 2.88 bits per heavy atom. The van der Waals surface area contributed by atoms with Gasteiger partial charge >= 0.3 is 0 Å². The van der Waals surface area contributed by atoms with Gasteiger partial charge in [0.2, 0.25) is 5.91 Å². The van der Waals surface area contributed by atoms with E-state index in [1.54, 1.807) is 18.2 Å². The number of phenols is 1. The Morgan fingerprint density at radius 2 is 2.25 bits per heavy atom. The minimum Gasteiger partial charge on any atom is -0.508 e. The van der Waals surface area contributed by atoms with Gasteiger partial charge in [0.25, 0.3) is 0 Å². The minimum atomic E-state index is -0.169. The molecule has 16 heavy (non-hydrogen) atoms. The van der Waals surface area contributed by atoms with Crippen molar-refractivity contribution in [1.82, 2.24) is 0 Å². The van der Waals surface area contributed by atoms with E-state index >= 15 is 0 Å². The molecule has 0 aliphatic heterocycles. The van der Waals surface area contributed by atoms with Gasteiger partial charge in [0, 0.05) is 17.8 Å². The molecule has 1 aliphatic carbocycles. The number of carbonyl (C=O) groups excluding carboxylic acids is 1. The van der Waals surface area contributed by atoms with E-state index in [0.717, 1.165) is 0 Å². The molecule has 0 heterocycles. The molecule has 4 N–H and O–H groups in total. The highest BCUT2D eigenvalue weighted by Gasteiger charge is 2.22. The zero-order valence-electron chi connectivity index (χ0n) is 8.76. The molecule has 0 fully saturated rings. The van der Waals surface area contributed by atoms with Crippen molar-refractivity contribution >= 4 is 11.6 Å². The summed E-state index contributed by atoms with van der Waals surface area (Å²) in [5.74, 6) is -0.122. The lowest BCUT2D eigenvalue weighted by molar-refractivity contribution is -0.118. The molecule has 84 valence electrons. The monoisotopic (exact) mass is 218 g/mol. The number of anilines is 1. The van der Waals surface area contributed by atoms with Gasteiger partial charge in [-0.2, -0.15) is 0 Å². The molecule has 4 heteroatoms. The van der Waals surface area contributed by atoms with Crippen LogP contribution in [0.3, 0.4) is 0 Å². The molecule has 2 unspecified atom stereocenters.